The molecule has 5 nitrogen and oxygen atoms in total. The van der Waals surface area contributed by atoms with Gasteiger partial charge in [0.25, 0.3) is 5.56 Å². The van der Waals surface area contributed by atoms with Crippen LogP contribution in [0.4, 0.5) is 0 Å². The summed E-state index contributed by atoms with van der Waals surface area (Å²) in [7, 11) is 0. The molecular weight excluding hydrogens is 384 g/mol. The minimum absolute atomic E-state index is 0.0570. The highest BCUT2D eigenvalue weighted by Gasteiger charge is 2.16. The van der Waals surface area contributed by atoms with Gasteiger partial charge in [0.2, 0.25) is 0 Å². The molecule has 0 radical (unpaired) electrons. The van der Waals surface area contributed by atoms with Crippen molar-refractivity contribution in [2.75, 3.05) is 0 Å². The van der Waals surface area contributed by atoms with Gasteiger partial charge in [-0.3, -0.25) is 9.36 Å². The highest BCUT2D eigenvalue weighted by molar-refractivity contribution is 5.69. The van der Waals surface area contributed by atoms with Crippen LogP contribution >= 0.6 is 0 Å². The molecule has 31 heavy (non-hydrogen) atoms. The summed E-state index contributed by atoms with van der Waals surface area (Å²) in [5, 5.41) is 0. The van der Waals surface area contributed by atoms with Gasteiger partial charge in [0.05, 0.1) is 6.33 Å². The lowest BCUT2D eigenvalue weighted by Gasteiger charge is -2.09. The molecule has 2 aromatic heterocycles. The van der Waals surface area contributed by atoms with Gasteiger partial charge in [-0.2, -0.15) is 0 Å². The largest absolute Gasteiger partial charge is 0.315 e. The maximum absolute atomic E-state index is 12.8. The number of fused-ring (bicyclic) bond motifs is 2. The maximum atomic E-state index is 12.8. The molecule has 0 saturated heterocycles. The van der Waals surface area contributed by atoms with Crippen LogP contribution in [0.15, 0.2) is 11.1 Å². The second kappa shape index (κ2) is 13.7. The molecule has 0 aliphatic carbocycles. The lowest BCUT2D eigenvalue weighted by Crippen LogP contribution is -2.25. The van der Waals surface area contributed by atoms with Crippen LogP contribution in [-0.4, -0.2) is 19.1 Å². The van der Waals surface area contributed by atoms with Gasteiger partial charge in [0, 0.05) is 19.5 Å². The van der Waals surface area contributed by atoms with E-state index in [2.05, 4.69) is 16.5 Å². The molecule has 5 heteroatoms. The number of hydrogen-bond donors (Lipinski definition) is 0. The summed E-state index contributed by atoms with van der Waals surface area (Å²) in [6, 6.07) is 0. The van der Waals surface area contributed by atoms with Gasteiger partial charge in [-0.25, -0.2) is 9.97 Å². The Bertz CT molecular complexity index is 823. The van der Waals surface area contributed by atoms with Gasteiger partial charge in [-0.05, 0) is 19.3 Å². The third kappa shape index (κ3) is 7.47. The van der Waals surface area contributed by atoms with Crippen molar-refractivity contribution in [2.24, 2.45) is 0 Å². The van der Waals surface area contributed by atoms with Crippen molar-refractivity contribution < 1.29 is 0 Å². The summed E-state index contributed by atoms with van der Waals surface area (Å²) in [6.07, 6.45) is 25.3. The van der Waals surface area contributed by atoms with Crippen LogP contribution in [0.25, 0.3) is 11.2 Å². The van der Waals surface area contributed by atoms with E-state index in [0.29, 0.717) is 5.52 Å². The zero-order chi connectivity index (χ0) is 21.7. The van der Waals surface area contributed by atoms with Gasteiger partial charge < -0.3 is 4.57 Å². The summed E-state index contributed by atoms with van der Waals surface area (Å²) in [5.74, 6) is 0.956. The van der Waals surface area contributed by atoms with Crippen molar-refractivity contribution in [2.45, 2.75) is 136 Å². The molecule has 0 amide bonds. The predicted octanol–water partition coefficient (Wildman–Crippen LogP) is 6.80. The quantitative estimate of drug-likeness (QED) is 0.293. The van der Waals surface area contributed by atoms with E-state index in [0.717, 1.165) is 50.2 Å². The molecule has 0 unspecified atom stereocenters. The fourth-order valence-corrected chi connectivity index (χ4v) is 4.86. The number of imidazole rings is 1. The van der Waals surface area contributed by atoms with Gasteiger partial charge in [0.15, 0.2) is 11.2 Å². The van der Waals surface area contributed by atoms with Crippen LogP contribution < -0.4 is 5.56 Å². The van der Waals surface area contributed by atoms with Gasteiger partial charge >= 0.3 is 0 Å². The lowest BCUT2D eigenvalue weighted by atomic mass is 10.0. The van der Waals surface area contributed by atoms with Gasteiger partial charge in [0.1, 0.15) is 5.82 Å². The second-order valence-electron chi connectivity index (χ2n) is 9.50. The minimum Gasteiger partial charge on any atom is -0.315 e. The summed E-state index contributed by atoms with van der Waals surface area (Å²) in [4.78, 5) is 22.0. The first-order valence-corrected chi connectivity index (χ1v) is 13.3. The average Bonchev–Trinajstić information content (AvgIpc) is 3.02. The fourth-order valence-electron chi connectivity index (χ4n) is 4.86. The van der Waals surface area contributed by atoms with E-state index < -0.39 is 0 Å². The number of aromatic nitrogens is 4. The van der Waals surface area contributed by atoms with E-state index in [1.165, 1.54) is 89.9 Å². The standard InChI is InChI=1S/C26H44N4O/c1-2-3-4-5-6-7-8-9-10-11-12-13-14-17-20-29-22-27-24-25(29)28-23-19-16-15-18-21-30(23)26(24)31/h22H,2-21H2,1H3. The Morgan fingerprint density at radius 2 is 1.42 bits per heavy atom. The molecule has 0 saturated carbocycles. The van der Waals surface area contributed by atoms with E-state index >= 15 is 0 Å². The summed E-state index contributed by atoms with van der Waals surface area (Å²) < 4.78 is 3.96. The third-order valence-electron chi connectivity index (χ3n) is 6.84. The van der Waals surface area contributed by atoms with Crippen LogP contribution in [0.3, 0.4) is 0 Å². The number of aryl methyl sites for hydroxylation is 2. The van der Waals surface area contributed by atoms with Crippen LogP contribution in [0.5, 0.6) is 0 Å². The molecule has 174 valence electrons. The normalized spacial score (nSPS) is 14.1. The third-order valence-corrected chi connectivity index (χ3v) is 6.84. The van der Waals surface area contributed by atoms with E-state index in [4.69, 9.17) is 4.98 Å². The lowest BCUT2D eigenvalue weighted by molar-refractivity contribution is 0.525. The van der Waals surface area contributed by atoms with E-state index in [1.54, 1.807) is 0 Å². The summed E-state index contributed by atoms with van der Waals surface area (Å²) in [6.45, 7) is 4.00. The smallest absolute Gasteiger partial charge is 0.281 e. The summed E-state index contributed by atoms with van der Waals surface area (Å²) >= 11 is 0. The second-order valence-corrected chi connectivity index (χ2v) is 9.50. The highest BCUT2D eigenvalue weighted by atomic mass is 16.1. The number of hydrogen-bond acceptors (Lipinski definition) is 3. The molecule has 0 N–H and O–H groups in total. The molecule has 1 aliphatic heterocycles. The zero-order valence-corrected chi connectivity index (χ0v) is 19.9. The first kappa shape index (κ1) is 24.0. The zero-order valence-electron chi connectivity index (χ0n) is 19.9. The van der Waals surface area contributed by atoms with Gasteiger partial charge in [-0.1, -0.05) is 96.8 Å². The van der Waals surface area contributed by atoms with Crippen LogP contribution in [-0.2, 0) is 19.5 Å². The molecule has 2 aromatic rings. The SMILES string of the molecule is CCCCCCCCCCCCCCCCn1cnc2c(=O)n3c(nc21)CCCCC3. The minimum atomic E-state index is 0.0570. The van der Waals surface area contributed by atoms with E-state index in [9.17, 15) is 4.79 Å². The first-order valence-electron chi connectivity index (χ1n) is 13.3. The number of nitrogens with zero attached hydrogens (tertiary/aromatic N) is 4. The predicted molar refractivity (Wildman–Crippen MR) is 130 cm³/mol. The molecule has 0 atom stereocenters. The van der Waals surface area contributed by atoms with Crippen molar-refractivity contribution in [1.29, 1.82) is 0 Å². The van der Waals surface area contributed by atoms with Crippen molar-refractivity contribution in [3.05, 3.63) is 22.5 Å². The summed E-state index contributed by atoms with van der Waals surface area (Å²) in [5.41, 5.74) is 1.41. The van der Waals surface area contributed by atoms with Crippen LogP contribution in [0.2, 0.25) is 0 Å². The van der Waals surface area contributed by atoms with E-state index in [-0.39, 0.29) is 5.56 Å². The van der Waals surface area contributed by atoms with Crippen molar-refractivity contribution >= 4 is 11.2 Å². The Hall–Kier alpha value is -1.65. The first-order chi connectivity index (χ1) is 15.3. The van der Waals surface area contributed by atoms with E-state index in [1.807, 2.05) is 10.9 Å². The Kier molecular flexibility index (Phi) is 10.6. The highest BCUT2D eigenvalue weighted by Crippen LogP contribution is 2.16. The average molecular weight is 429 g/mol. The molecule has 3 rings (SSSR count). The molecule has 0 spiro atoms. The molecule has 3 heterocycles. The van der Waals surface area contributed by atoms with Crippen molar-refractivity contribution in [1.82, 2.24) is 19.1 Å². The number of unbranched alkanes of at least 4 members (excludes halogenated alkanes) is 13. The molecule has 0 aromatic carbocycles. The Balaban J connectivity index is 1.29. The molecule has 0 bridgehead atoms. The van der Waals surface area contributed by atoms with Gasteiger partial charge in [-0.15, -0.1) is 0 Å². The number of rotatable bonds is 15. The van der Waals surface area contributed by atoms with Crippen molar-refractivity contribution in [3.63, 3.8) is 0 Å². The molecule has 1 aliphatic rings. The maximum Gasteiger partial charge on any atom is 0.281 e. The van der Waals surface area contributed by atoms with Crippen LogP contribution in [0.1, 0.15) is 122 Å². The Morgan fingerprint density at radius 1 is 0.806 bits per heavy atom. The fraction of sp³-hybridized carbons (Fsp3) is 0.808. The Morgan fingerprint density at radius 3 is 2.06 bits per heavy atom. The monoisotopic (exact) mass is 428 g/mol. The van der Waals surface area contributed by atoms with Crippen molar-refractivity contribution in [3.8, 4) is 0 Å². The molecule has 0 fully saturated rings. The molecular formula is C26H44N4O. The Labute approximate surface area is 188 Å². The van der Waals surface area contributed by atoms with Crippen LogP contribution in [0, 0.1) is 0 Å². The topological polar surface area (TPSA) is 52.7 Å².